The van der Waals surface area contributed by atoms with Gasteiger partial charge in [0.1, 0.15) is 28.4 Å². The molecule has 0 N–H and O–H groups in total. The molecular formula is C21H19NaO6. The standard InChI is InChI=1S/C21H20O6.Na/c22-16-14-19(21(23)24)27-18-11-7-10-17(20(16)18)26-13-6-2-5-12-25-15-8-3-1-4-9-15;/h1,3-4,7-11,14H,2,5-6,12-13H2,(H,23,24);/q;+1/p-1. The molecule has 3 rings (SSSR count). The molecule has 0 unspecified atom stereocenters. The summed E-state index contributed by atoms with van der Waals surface area (Å²) in [5, 5.41) is 11.1. The van der Waals surface area contributed by atoms with Crippen molar-refractivity contribution >= 4 is 16.9 Å². The van der Waals surface area contributed by atoms with E-state index in [-0.39, 0.29) is 40.5 Å². The van der Waals surface area contributed by atoms with Crippen molar-refractivity contribution in [2.24, 2.45) is 0 Å². The monoisotopic (exact) mass is 390 g/mol. The normalized spacial score (nSPS) is 10.3. The predicted molar refractivity (Wildman–Crippen MR) is 98.1 cm³/mol. The summed E-state index contributed by atoms with van der Waals surface area (Å²) in [6, 6.07) is 15.4. The smallest absolute Gasteiger partial charge is 0.542 e. The molecule has 0 saturated carbocycles. The first-order valence-electron chi connectivity index (χ1n) is 8.74. The summed E-state index contributed by atoms with van der Waals surface area (Å²) in [4.78, 5) is 23.1. The number of aromatic carboxylic acids is 1. The molecule has 28 heavy (non-hydrogen) atoms. The molecule has 7 heteroatoms. The Hall–Kier alpha value is -2.28. The molecule has 6 nitrogen and oxygen atoms in total. The maximum atomic E-state index is 12.2. The van der Waals surface area contributed by atoms with Crippen molar-refractivity contribution in [3.05, 3.63) is 70.6 Å². The van der Waals surface area contributed by atoms with E-state index in [1.165, 1.54) is 6.07 Å². The van der Waals surface area contributed by atoms with Gasteiger partial charge in [-0.05, 0) is 43.5 Å². The molecular weight excluding hydrogens is 371 g/mol. The van der Waals surface area contributed by atoms with Crippen LogP contribution in [0, 0.1) is 0 Å². The summed E-state index contributed by atoms with van der Waals surface area (Å²) in [6.45, 7) is 1.07. The van der Waals surface area contributed by atoms with Crippen molar-refractivity contribution in [2.75, 3.05) is 13.2 Å². The van der Waals surface area contributed by atoms with Crippen molar-refractivity contribution < 1.29 is 53.3 Å². The fraction of sp³-hybridized carbons (Fsp3) is 0.238. The second-order valence-electron chi connectivity index (χ2n) is 5.96. The molecule has 0 saturated heterocycles. The number of benzene rings is 2. The first kappa shape index (κ1) is 22.0. The van der Waals surface area contributed by atoms with E-state index < -0.39 is 17.2 Å². The third-order valence-corrected chi connectivity index (χ3v) is 3.98. The number of hydrogen-bond acceptors (Lipinski definition) is 6. The molecule has 3 aromatic rings. The Morgan fingerprint density at radius 3 is 2.36 bits per heavy atom. The van der Waals surface area contributed by atoms with E-state index >= 15 is 0 Å². The Labute approximate surface area is 184 Å². The number of hydrogen-bond donors (Lipinski definition) is 0. The van der Waals surface area contributed by atoms with Gasteiger partial charge in [-0.25, -0.2) is 0 Å². The van der Waals surface area contributed by atoms with E-state index in [0.29, 0.717) is 19.0 Å². The van der Waals surface area contributed by atoms with Crippen LogP contribution in [0.5, 0.6) is 11.5 Å². The van der Waals surface area contributed by atoms with Crippen LogP contribution in [0.4, 0.5) is 0 Å². The van der Waals surface area contributed by atoms with Crippen molar-refractivity contribution in [1.82, 2.24) is 0 Å². The number of unbranched alkanes of at least 4 members (excludes halogenated alkanes) is 2. The van der Waals surface area contributed by atoms with Gasteiger partial charge in [0.25, 0.3) is 0 Å². The molecule has 0 bridgehead atoms. The Kier molecular flexibility index (Phi) is 8.57. The van der Waals surface area contributed by atoms with E-state index in [9.17, 15) is 14.7 Å². The number of rotatable bonds is 9. The molecule has 1 heterocycles. The van der Waals surface area contributed by atoms with Crippen LogP contribution in [0.2, 0.25) is 0 Å². The Balaban J connectivity index is 0.00000280. The van der Waals surface area contributed by atoms with Crippen LogP contribution in [0.1, 0.15) is 29.8 Å². The van der Waals surface area contributed by atoms with Gasteiger partial charge in [0, 0.05) is 6.07 Å². The van der Waals surface area contributed by atoms with Crippen LogP contribution in [0.25, 0.3) is 11.0 Å². The number of carbonyl (C=O) groups excluding carboxylic acids is 1. The Bertz CT molecular complexity index is 968. The van der Waals surface area contributed by atoms with Crippen LogP contribution < -0.4 is 49.6 Å². The summed E-state index contributed by atoms with van der Waals surface area (Å²) in [6.07, 6.45) is 2.61. The SMILES string of the molecule is O=C([O-])c1cc(=O)c2c(OCCCCCOc3ccccc3)cccc2o1.[Na+]. The topological polar surface area (TPSA) is 88.8 Å². The minimum absolute atomic E-state index is 0. The first-order valence-corrected chi connectivity index (χ1v) is 8.74. The van der Waals surface area contributed by atoms with Crippen LogP contribution in [0.3, 0.4) is 0 Å². The van der Waals surface area contributed by atoms with Crippen LogP contribution >= 0.6 is 0 Å². The first-order chi connectivity index (χ1) is 13.1. The third kappa shape index (κ3) is 5.86. The van der Waals surface area contributed by atoms with Gasteiger partial charge in [0.2, 0.25) is 0 Å². The zero-order valence-corrected chi connectivity index (χ0v) is 17.7. The zero-order chi connectivity index (χ0) is 19.1. The molecule has 0 aliphatic carbocycles. The summed E-state index contributed by atoms with van der Waals surface area (Å²) < 4.78 is 16.5. The molecule has 0 aliphatic heterocycles. The van der Waals surface area contributed by atoms with Gasteiger partial charge in [-0.3, -0.25) is 4.79 Å². The summed E-state index contributed by atoms with van der Waals surface area (Å²) >= 11 is 0. The van der Waals surface area contributed by atoms with Gasteiger partial charge < -0.3 is 23.8 Å². The fourth-order valence-electron chi connectivity index (χ4n) is 2.67. The van der Waals surface area contributed by atoms with Gasteiger partial charge in [-0.2, -0.15) is 0 Å². The van der Waals surface area contributed by atoms with Gasteiger partial charge in [0.15, 0.2) is 11.2 Å². The molecule has 2 aromatic carbocycles. The fourth-order valence-corrected chi connectivity index (χ4v) is 2.67. The number of para-hydroxylation sites is 1. The summed E-state index contributed by atoms with van der Waals surface area (Å²) in [5.74, 6) is -0.792. The van der Waals surface area contributed by atoms with Crippen LogP contribution in [0.15, 0.2) is 63.8 Å². The second-order valence-corrected chi connectivity index (χ2v) is 5.96. The van der Waals surface area contributed by atoms with Crippen molar-refractivity contribution in [3.63, 3.8) is 0 Å². The molecule has 0 fully saturated rings. The predicted octanol–water partition coefficient (Wildman–Crippen LogP) is -0.211. The number of ether oxygens (including phenoxy) is 2. The quantitative estimate of drug-likeness (QED) is 0.371. The zero-order valence-electron chi connectivity index (χ0n) is 15.7. The van der Waals surface area contributed by atoms with Crippen molar-refractivity contribution in [1.29, 1.82) is 0 Å². The minimum Gasteiger partial charge on any atom is -0.542 e. The minimum atomic E-state index is -1.53. The van der Waals surface area contributed by atoms with E-state index in [4.69, 9.17) is 13.9 Å². The molecule has 0 amide bonds. The largest absolute Gasteiger partial charge is 1.00 e. The maximum Gasteiger partial charge on any atom is 1.00 e. The molecule has 1 aromatic heterocycles. The molecule has 0 spiro atoms. The van der Waals surface area contributed by atoms with E-state index in [1.807, 2.05) is 30.3 Å². The Morgan fingerprint density at radius 1 is 0.929 bits per heavy atom. The van der Waals surface area contributed by atoms with Crippen LogP contribution in [-0.4, -0.2) is 19.2 Å². The maximum absolute atomic E-state index is 12.2. The van der Waals surface area contributed by atoms with Gasteiger partial charge in [0.05, 0.1) is 13.2 Å². The van der Waals surface area contributed by atoms with E-state index in [1.54, 1.807) is 12.1 Å². The van der Waals surface area contributed by atoms with Crippen molar-refractivity contribution in [3.8, 4) is 11.5 Å². The summed E-state index contributed by atoms with van der Waals surface area (Å²) in [7, 11) is 0. The third-order valence-electron chi connectivity index (χ3n) is 3.98. The van der Waals surface area contributed by atoms with Gasteiger partial charge >= 0.3 is 29.6 Å². The number of carboxylic acids is 1. The second kappa shape index (κ2) is 10.9. The van der Waals surface area contributed by atoms with Crippen molar-refractivity contribution in [2.45, 2.75) is 19.3 Å². The van der Waals surface area contributed by atoms with E-state index in [2.05, 4.69) is 0 Å². The Morgan fingerprint density at radius 2 is 1.64 bits per heavy atom. The number of carbonyl (C=O) groups is 1. The molecule has 0 atom stereocenters. The molecule has 0 aliphatic rings. The summed E-state index contributed by atoms with van der Waals surface area (Å²) in [5.41, 5.74) is -0.308. The number of fused-ring (bicyclic) bond motifs is 1. The van der Waals surface area contributed by atoms with Gasteiger partial charge in [-0.1, -0.05) is 24.3 Å². The van der Waals surface area contributed by atoms with Gasteiger partial charge in [-0.15, -0.1) is 0 Å². The van der Waals surface area contributed by atoms with E-state index in [0.717, 1.165) is 31.1 Å². The average molecular weight is 390 g/mol. The average Bonchev–Trinajstić information content (AvgIpc) is 2.67. The van der Waals surface area contributed by atoms with Crippen LogP contribution in [-0.2, 0) is 0 Å². The number of carboxylic acid groups (broad SMARTS) is 1. The molecule has 140 valence electrons. The molecule has 0 radical (unpaired) electrons.